The van der Waals surface area contributed by atoms with Gasteiger partial charge in [-0.25, -0.2) is 4.79 Å². The number of hydrogen-bond acceptors (Lipinski definition) is 5. The van der Waals surface area contributed by atoms with E-state index in [1.54, 1.807) is 0 Å². The van der Waals surface area contributed by atoms with E-state index in [0.29, 0.717) is 22.3 Å². The van der Waals surface area contributed by atoms with Crippen molar-refractivity contribution < 1.29 is 19.2 Å². The van der Waals surface area contributed by atoms with E-state index < -0.39 is 5.97 Å². The Bertz CT molecular complexity index is 1660. The van der Waals surface area contributed by atoms with Gasteiger partial charge in [-0.05, 0) is 85.6 Å². The summed E-state index contributed by atoms with van der Waals surface area (Å²) in [7, 11) is 0. The minimum atomic E-state index is -0.593. The van der Waals surface area contributed by atoms with E-state index in [4.69, 9.17) is 4.84 Å². The molecular weight excluding hydrogens is 534 g/mol. The molecule has 3 aromatic rings. The first-order valence-corrected chi connectivity index (χ1v) is 15.1. The summed E-state index contributed by atoms with van der Waals surface area (Å²) >= 11 is 0. The molecule has 3 aromatic carbocycles. The molecule has 43 heavy (non-hydrogen) atoms. The van der Waals surface area contributed by atoms with Crippen LogP contribution in [-0.2, 0) is 15.0 Å². The van der Waals surface area contributed by atoms with Gasteiger partial charge in [0.15, 0.2) is 11.5 Å². The summed E-state index contributed by atoms with van der Waals surface area (Å²) in [5, 5.41) is 4.02. The Morgan fingerprint density at radius 3 is 1.93 bits per heavy atom. The molecule has 0 bridgehead atoms. The number of benzene rings is 3. The Balaban J connectivity index is 1.85. The largest absolute Gasteiger partial charge is 0.332 e. The number of carbonyl (C=O) groups excluding carboxylic acids is 3. The van der Waals surface area contributed by atoms with Crippen molar-refractivity contribution in [3.8, 4) is 0 Å². The van der Waals surface area contributed by atoms with Gasteiger partial charge in [0.2, 0.25) is 5.78 Å². The van der Waals surface area contributed by atoms with Crippen LogP contribution in [-0.4, -0.2) is 23.2 Å². The Morgan fingerprint density at radius 2 is 1.37 bits per heavy atom. The van der Waals surface area contributed by atoms with E-state index in [1.807, 2.05) is 87.5 Å². The van der Waals surface area contributed by atoms with Crippen molar-refractivity contribution in [1.82, 2.24) is 0 Å². The average molecular weight is 576 g/mol. The normalized spacial score (nSPS) is 14.5. The van der Waals surface area contributed by atoms with E-state index in [1.165, 1.54) is 6.92 Å². The van der Waals surface area contributed by atoms with Crippen molar-refractivity contribution in [3.63, 3.8) is 0 Å². The summed E-state index contributed by atoms with van der Waals surface area (Å²) in [6.07, 6.45) is 5.72. The molecule has 0 spiro atoms. The maximum atomic E-state index is 14.1. The number of carbonyl (C=O) groups is 3. The van der Waals surface area contributed by atoms with Crippen molar-refractivity contribution in [2.75, 3.05) is 0 Å². The average Bonchev–Trinajstić information content (AvgIpc) is 3.20. The number of rotatable bonds is 11. The first-order chi connectivity index (χ1) is 20.5. The number of nitrogens with zero attached hydrogens (tertiary/aromatic N) is 1. The number of hydrogen-bond donors (Lipinski definition) is 0. The number of allylic oxidation sites excluding steroid dienone is 4. The fourth-order valence-electron chi connectivity index (χ4n) is 6.44. The molecular formula is C38H41NO4. The zero-order valence-corrected chi connectivity index (χ0v) is 26.3. The molecule has 1 aliphatic carbocycles. The van der Waals surface area contributed by atoms with Crippen LogP contribution in [0.15, 0.2) is 89.1 Å². The quantitative estimate of drug-likeness (QED) is 0.0752. The second-order valence-corrected chi connectivity index (χ2v) is 11.5. The standard InChI is InChI=1S/C38H41NO4/c1-8-20-38(21-9-2)33(22-26(5)36(41)31-17-13-11-15-25(31)4)27(6)32-19-18-29(23-34(32)38)37(42)35(39-43-28(7)40)30-16-12-10-14-24(30)3/h10-19,22-23H,8-9,20-21H2,1-7H3/b26-22+,39-35+. The molecule has 0 unspecified atom stereocenters. The predicted octanol–water partition coefficient (Wildman–Crippen LogP) is 8.91. The van der Waals surface area contributed by atoms with Gasteiger partial charge in [0.05, 0.1) is 0 Å². The van der Waals surface area contributed by atoms with E-state index in [0.717, 1.165) is 59.1 Å². The maximum Gasteiger partial charge on any atom is 0.332 e. The van der Waals surface area contributed by atoms with E-state index >= 15 is 0 Å². The molecule has 0 aromatic heterocycles. The fraction of sp³-hybridized carbons (Fsp3) is 0.316. The lowest BCUT2D eigenvalue weighted by Gasteiger charge is -2.33. The number of oxime groups is 1. The summed E-state index contributed by atoms with van der Waals surface area (Å²) in [6, 6.07) is 21.0. The highest BCUT2D eigenvalue weighted by molar-refractivity contribution is 6.51. The molecule has 4 rings (SSSR count). The molecule has 0 aliphatic heterocycles. The second-order valence-electron chi connectivity index (χ2n) is 11.5. The van der Waals surface area contributed by atoms with Gasteiger partial charge in [0.1, 0.15) is 0 Å². The van der Waals surface area contributed by atoms with Crippen LogP contribution < -0.4 is 0 Å². The molecule has 0 saturated heterocycles. The molecule has 222 valence electrons. The summed E-state index contributed by atoms with van der Waals surface area (Å²) in [5.41, 5.74) is 8.52. The van der Waals surface area contributed by atoms with Gasteiger partial charge in [-0.1, -0.05) is 98.6 Å². The van der Waals surface area contributed by atoms with Crippen LogP contribution >= 0.6 is 0 Å². The van der Waals surface area contributed by atoms with Crippen molar-refractivity contribution in [2.45, 2.75) is 79.6 Å². The van der Waals surface area contributed by atoms with Gasteiger partial charge in [-0.15, -0.1) is 0 Å². The first-order valence-electron chi connectivity index (χ1n) is 15.1. The Hall–Kier alpha value is -4.38. The third-order valence-corrected chi connectivity index (χ3v) is 8.46. The fourth-order valence-corrected chi connectivity index (χ4v) is 6.44. The van der Waals surface area contributed by atoms with Crippen molar-refractivity contribution >= 4 is 28.8 Å². The molecule has 0 fully saturated rings. The van der Waals surface area contributed by atoms with Gasteiger partial charge in [0.25, 0.3) is 0 Å². The van der Waals surface area contributed by atoms with Gasteiger partial charge in [0, 0.05) is 29.0 Å². The van der Waals surface area contributed by atoms with Crippen molar-refractivity contribution in [3.05, 3.63) is 123 Å². The lowest BCUT2D eigenvalue weighted by Crippen LogP contribution is -2.27. The zero-order chi connectivity index (χ0) is 31.3. The second kappa shape index (κ2) is 13.3. The molecule has 5 heteroatoms. The van der Waals surface area contributed by atoms with Crippen LogP contribution in [0.4, 0.5) is 0 Å². The highest BCUT2D eigenvalue weighted by Crippen LogP contribution is 2.53. The predicted molar refractivity (Wildman–Crippen MR) is 174 cm³/mol. The molecule has 0 saturated carbocycles. The smallest absolute Gasteiger partial charge is 0.318 e. The molecule has 0 atom stereocenters. The monoisotopic (exact) mass is 575 g/mol. The van der Waals surface area contributed by atoms with Crippen LogP contribution in [0.2, 0.25) is 0 Å². The molecule has 0 radical (unpaired) electrons. The zero-order valence-electron chi connectivity index (χ0n) is 26.3. The SMILES string of the molecule is CCCC1(CCC)C(/C=C(\C)C(=O)c2ccccc2C)=C(C)c2ccc(C(=O)/C(=N/OC(C)=O)c3ccccc3C)cc21. The van der Waals surface area contributed by atoms with Crippen molar-refractivity contribution in [2.24, 2.45) is 5.16 Å². The number of ketones is 2. The minimum Gasteiger partial charge on any atom is -0.318 e. The third kappa shape index (κ3) is 6.22. The first kappa shape index (κ1) is 31.6. The minimum absolute atomic E-state index is 0.0247. The number of fused-ring (bicyclic) bond motifs is 1. The van der Waals surface area contributed by atoms with Gasteiger partial charge in [-0.3, -0.25) is 9.59 Å². The highest BCUT2D eigenvalue weighted by atomic mass is 16.7. The lowest BCUT2D eigenvalue weighted by molar-refractivity contribution is -0.140. The van der Waals surface area contributed by atoms with E-state index in [2.05, 4.69) is 32.0 Å². The van der Waals surface area contributed by atoms with Crippen LogP contribution in [0, 0.1) is 13.8 Å². The summed E-state index contributed by atoms with van der Waals surface area (Å²) in [4.78, 5) is 44.3. The van der Waals surface area contributed by atoms with Gasteiger partial charge in [-0.2, -0.15) is 0 Å². The topological polar surface area (TPSA) is 72.8 Å². The summed E-state index contributed by atoms with van der Waals surface area (Å²) in [6.45, 7) is 13.5. The Kier molecular flexibility index (Phi) is 9.75. The van der Waals surface area contributed by atoms with Gasteiger partial charge >= 0.3 is 5.97 Å². The highest BCUT2D eigenvalue weighted by Gasteiger charge is 2.42. The van der Waals surface area contributed by atoms with Crippen LogP contribution in [0.5, 0.6) is 0 Å². The summed E-state index contributed by atoms with van der Waals surface area (Å²) in [5.74, 6) is -0.880. The Labute approximate surface area is 255 Å². The van der Waals surface area contributed by atoms with Gasteiger partial charge < -0.3 is 4.84 Å². The Morgan fingerprint density at radius 1 is 0.791 bits per heavy atom. The molecule has 0 amide bonds. The van der Waals surface area contributed by atoms with E-state index in [-0.39, 0.29) is 22.7 Å². The van der Waals surface area contributed by atoms with Crippen LogP contribution in [0.1, 0.15) is 109 Å². The molecule has 0 heterocycles. The number of Topliss-reactive ketones (excluding diaryl/α,β-unsaturated/α-hetero) is 2. The summed E-state index contributed by atoms with van der Waals surface area (Å²) < 4.78 is 0. The maximum absolute atomic E-state index is 14.1. The van der Waals surface area contributed by atoms with Crippen LogP contribution in [0.25, 0.3) is 5.57 Å². The molecule has 0 N–H and O–H groups in total. The van der Waals surface area contributed by atoms with E-state index in [9.17, 15) is 14.4 Å². The van der Waals surface area contributed by atoms with Crippen LogP contribution in [0.3, 0.4) is 0 Å². The lowest BCUT2D eigenvalue weighted by atomic mass is 9.69. The van der Waals surface area contributed by atoms with Crippen molar-refractivity contribution in [1.29, 1.82) is 0 Å². The molecule has 5 nitrogen and oxygen atoms in total. The molecule has 1 aliphatic rings. The third-order valence-electron chi connectivity index (χ3n) is 8.46. The number of aryl methyl sites for hydroxylation is 2.